The molecule has 2 heterocycles. The van der Waals surface area contributed by atoms with E-state index in [1.807, 2.05) is 65.6 Å². The highest BCUT2D eigenvalue weighted by molar-refractivity contribution is 9.11. The molecule has 0 bridgehead atoms. The van der Waals surface area contributed by atoms with Crippen molar-refractivity contribution < 1.29 is 23.7 Å². The van der Waals surface area contributed by atoms with Gasteiger partial charge in [-0.15, -0.1) is 0 Å². The molecule has 2 aliphatic heterocycles. The maximum Gasteiger partial charge on any atom is 0.188 e. The van der Waals surface area contributed by atoms with E-state index < -0.39 is 12.6 Å². The predicted octanol–water partition coefficient (Wildman–Crippen LogP) is 4.34. The smallest absolute Gasteiger partial charge is 0.188 e. The third-order valence-electron chi connectivity index (χ3n) is 4.94. The van der Waals surface area contributed by atoms with Gasteiger partial charge in [0.1, 0.15) is 18.3 Å². The monoisotopic (exact) mass is 446 g/mol. The summed E-state index contributed by atoms with van der Waals surface area (Å²) in [6.07, 6.45) is -1.91. The van der Waals surface area contributed by atoms with Crippen LogP contribution in [0.2, 0.25) is 0 Å². The van der Waals surface area contributed by atoms with Gasteiger partial charge in [0.2, 0.25) is 0 Å². The van der Waals surface area contributed by atoms with Crippen molar-refractivity contribution in [2.75, 3.05) is 13.7 Å². The van der Waals surface area contributed by atoms with Gasteiger partial charge in [-0.3, -0.25) is 0 Å². The number of rotatable bonds is 5. The van der Waals surface area contributed by atoms with Crippen molar-refractivity contribution in [2.24, 2.45) is 0 Å². The lowest BCUT2D eigenvalue weighted by Gasteiger charge is -2.46. The van der Waals surface area contributed by atoms with Crippen molar-refractivity contribution in [3.05, 3.63) is 82.3 Å². The SMILES string of the molecule is CO[C@H]1O[C@@H]2CO[C@H](c3ccccc3)O[C@@H]2/C(=C\Br)[C@H]1OCc1ccccc1. The van der Waals surface area contributed by atoms with Crippen molar-refractivity contribution in [2.45, 2.75) is 37.5 Å². The topological polar surface area (TPSA) is 46.2 Å². The second-order valence-corrected chi connectivity index (χ2v) is 7.20. The van der Waals surface area contributed by atoms with Gasteiger partial charge in [-0.2, -0.15) is 0 Å². The van der Waals surface area contributed by atoms with Gasteiger partial charge in [0.15, 0.2) is 12.6 Å². The molecule has 0 aliphatic carbocycles. The van der Waals surface area contributed by atoms with Crippen molar-refractivity contribution in [1.29, 1.82) is 0 Å². The number of ether oxygens (including phenoxy) is 5. The van der Waals surface area contributed by atoms with Crippen LogP contribution >= 0.6 is 15.9 Å². The Labute approximate surface area is 173 Å². The fraction of sp³-hybridized carbons (Fsp3) is 0.364. The van der Waals surface area contributed by atoms with Gasteiger partial charge in [-0.25, -0.2) is 0 Å². The second kappa shape index (κ2) is 9.31. The molecule has 2 fully saturated rings. The number of benzene rings is 2. The fourth-order valence-electron chi connectivity index (χ4n) is 3.52. The van der Waals surface area contributed by atoms with Crippen molar-refractivity contribution in [3.63, 3.8) is 0 Å². The third kappa shape index (κ3) is 4.22. The predicted molar refractivity (Wildman–Crippen MR) is 108 cm³/mol. The van der Waals surface area contributed by atoms with Gasteiger partial charge in [0, 0.05) is 18.2 Å². The first-order chi connectivity index (χ1) is 13.8. The molecule has 4 rings (SSSR count). The lowest BCUT2D eigenvalue weighted by Crippen LogP contribution is -2.55. The minimum atomic E-state index is -0.533. The molecule has 6 heteroatoms. The van der Waals surface area contributed by atoms with E-state index in [0.29, 0.717) is 13.2 Å². The Kier molecular flexibility index (Phi) is 6.57. The summed E-state index contributed by atoms with van der Waals surface area (Å²) in [5.74, 6) is 0. The molecule has 2 aromatic carbocycles. The number of methoxy groups -OCH3 is 1. The minimum Gasteiger partial charge on any atom is -0.364 e. The number of halogens is 1. The Morgan fingerprint density at radius 1 is 1.04 bits per heavy atom. The maximum absolute atomic E-state index is 6.27. The highest BCUT2D eigenvalue weighted by Crippen LogP contribution is 2.38. The van der Waals surface area contributed by atoms with E-state index in [0.717, 1.165) is 16.7 Å². The largest absolute Gasteiger partial charge is 0.364 e. The summed E-state index contributed by atoms with van der Waals surface area (Å²) in [5.41, 5.74) is 3.01. The average Bonchev–Trinajstić information content (AvgIpc) is 2.77. The zero-order chi connectivity index (χ0) is 19.3. The first-order valence-corrected chi connectivity index (χ1v) is 10.2. The van der Waals surface area contributed by atoms with Crippen LogP contribution in [0, 0.1) is 0 Å². The van der Waals surface area contributed by atoms with E-state index in [-0.39, 0.29) is 18.3 Å². The molecule has 0 spiro atoms. The normalized spacial score (nSPS) is 31.5. The molecule has 0 radical (unpaired) electrons. The summed E-state index contributed by atoms with van der Waals surface area (Å²) in [6.45, 7) is 0.870. The Hall–Kier alpha value is -1.54. The summed E-state index contributed by atoms with van der Waals surface area (Å²) in [7, 11) is 1.62. The lowest BCUT2D eigenvalue weighted by molar-refractivity contribution is -0.318. The highest BCUT2D eigenvalue weighted by atomic mass is 79.9. The Balaban J connectivity index is 1.52. The van der Waals surface area contributed by atoms with Gasteiger partial charge in [0.25, 0.3) is 0 Å². The summed E-state index contributed by atoms with van der Waals surface area (Å²) in [5, 5.41) is 0. The zero-order valence-corrected chi connectivity index (χ0v) is 17.2. The summed E-state index contributed by atoms with van der Waals surface area (Å²) in [4.78, 5) is 1.86. The summed E-state index contributed by atoms with van der Waals surface area (Å²) < 4.78 is 30.0. The Bertz CT molecular complexity index is 774. The minimum absolute atomic E-state index is 0.259. The maximum atomic E-state index is 6.27. The molecule has 2 aliphatic rings. The van der Waals surface area contributed by atoms with Crippen LogP contribution in [-0.2, 0) is 30.3 Å². The molecule has 28 heavy (non-hydrogen) atoms. The Morgan fingerprint density at radius 3 is 2.43 bits per heavy atom. The number of fused-ring (bicyclic) bond motifs is 1. The second-order valence-electron chi connectivity index (χ2n) is 6.74. The highest BCUT2D eigenvalue weighted by Gasteiger charge is 2.47. The first kappa shape index (κ1) is 19.8. The molecular weight excluding hydrogens is 424 g/mol. The molecule has 0 amide bonds. The van der Waals surface area contributed by atoms with Crippen molar-refractivity contribution >= 4 is 15.9 Å². The molecule has 0 unspecified atom stereocenters. The molecule has 5 nitrogen and oxygen atoms in total. The fourth-order valence-corrected chi connectivity index (χ4v) is 4.04. The Morgan fingerprint density at radius 2 is 1.75 bits per heavy atom. The molecule has 148 valence electrons. The summed E-state index contributed by atoms with van der Waals surface area (Å²) >= 11 is 3.50. The third-order valence-corrected chi connectivity index (χ3v) is 5.46. The van der Waals surface area contributed by atoms with Crippen LogP contribution in [0.1, 0.15) is 17.4 Å². The first-order valence-electron chi connectivity index (χ1n) is 9.26. The van der Waals surface area contributed by atoms with E-state index in [1.54, 1.807) is 7.11 Å². The molecule has 0 saturated carbocycles. The molecule has 2 saturated heterocycles. The lowest BCUT2D eigenvalue weighted by atomic mass is 9.95. The van der Waals surface area contributed by atoms with E-state index in [9.17, 15) is 0 Å². The van der Waals surface area contributed by atoms with Crippen LogP contribution in [0.15, 0.2) is 71.2 Å². The van der Waals surface area contributed by atoms with E-state index in [1.165, 1.54) is 0 Å². The molecule has 2 aromatic rings. The van der Waals surface area contributed by atoms with Crippen LogP contribution in [0.4, 0.5) is 0 Å². The van der Waals surface area contributed by atoms with E-state index >= 15 is 0 Å². The standard InChI is InChI=1S/C22H23BrO5/c1-24-22-20(25-13-15-8-4-2-5-9-15)17(12-23)19-18(27-22)14-26-21(28-19)16-10-6-3-7-11-16/h2-12,18-22H,13-14H2,1H3/b17-12+/t18-,19-,20-,21+,22+/m1/s1. The molecule has 0 aromatic heterocycles. The van der Waals surface area contributed by atoms with Gasteiger partial charge < -0.3 is 23.7 Å². The van der Waals surface area contributed by atoms with Crippen LogP contribution < -0.4 is 0 Å². The van der Waals surface area contributed by atoms with Gasteiger partial charge >= 0.3 is 0 Å². The van der Waals surface area contributed by atoms with Crippen molar-refractivity contribution in [3.8, 4) is 0 Å². The van der Waals surface area contributed by atoms with Crippen LogP contribution in [0.3, 0.4) is 0 Å². The van der Waals surface area contributed by atoms with Crippen molar-refractivity contribution in [1.82, 2.24) is 0 Å². The number of hydrogen-bond acceptors (Lipinski definition) is 5. The summed E-state index contributed by atoms with van der Waals surface area (Å²) in [6, 6.07) is 19.9. The van der Waals surface area contributed by atoms with Gasteiger partial charge in [0.05, 0.1) is 13.2 Å². The van der Waals surface area contributed by atoms with E-state index in [2.05, 4.69) is 15.9 Å². The zero-order valence-electron chi connectivity index (χ0n) is 15.6. The number of hydrogen-bond donors (Lipinski definition) is 0. The average molecular weight is 447 g/mol. The van der Waals surface area contributed by atoms with Crippen LogP contribution in [0.5, 0.6) is 0 Å². The van der Waals surface area contributed by atoms with Gasteiger partial charge in [-0.1, -0.05) is 76.6 Å². The van der Waals surface area contributed by atoms with Crippen LogP contribution in [0.25, 0.3) is 0 Å². The van der Waals surface area contributed by atoms with Gasteiger partial charge in [-0.05, 0) is 10.5 Å². The molecule has 5 atom stereocenters. The molecule has 0 N–H and O–H groups in total. The molecular formula is C22H23BrO5. The van der Waals surface area contributed by atoms with E-state index in [4.69, 9.17) is 23.7 Å². The quantitative estimate of drug-likeness (QED) is 0.683. The van der Waals surface area contributed by atoms with Crippen LogP contribution in [-0.4, -0.2) is 38.3 Å².